The molecule has 1 saturated carbocycles. The summed E-state index contributed by atoms with van der Waals surface area (Å²) >= 11 is 0. The van der Waals surface area contributed by atoms with Gasteiger partial charge in [-0.3, -0.25) is 9.59 Å². The van der Waals surface area contributed by atoms with Crippen LogP contribution in [-0.4, -0.2) is 53.0 Å². The maximum absolute atomic E-state index is 12.5. The standard InChI is InChI=1S/C17H27N3O5/c1-4-5-15(25-13-7-8-13)16(22)20-14(17(23)24-11(2)3)9-6-12(21)10-19-18/h10-11,13-15H,4-9H2,1-3H3,(H,20,22)/t14-,15-/m0/s1. The summed E-state index contributed by atoms with van der Waals surface area (Å²) in [7, 11) is 0. The van der Waals surface area contributed by atoms with Crippen LogP contribution in [0.1, 0.15) is 59.3 Å². The number of hydrogen-bond acceptors (Lipinski definition) is 5. The molecule has 1 aliphatic rings. The molecule has 0 unspecified atom stereocenters. The molecule has 140 valence electrons. The fourth-order valence-electron chi connectivity index (χ4n) is 2.20. The van der Waals surface area contributed by atoms with Crippen molar-refractivity contribution in [3.63, 3.8) is 0 Å². The van der Waals surface area contributed by atoms with Crippen LogP contribution in [0.15, 0.2) is 0 Å². The van der Waals surface area contributed by atoms with Gasteiger partial charge in [-0.05, 0) is 39.5 Å². The van der Waals surface area contributed by atoms with Gasteiger partial charge in [-0.1, -0.05) is 13.3 Å². The molecular weight excluding hydrogens is 326 g/mol. The minimum atomic E-state index is -0.951. The van der Waals surface area contributed by atoms with Crippen molar-refractivity contribution in [1.29, 1.82) is 0 Å². The first kappa shape index (κ1) is 21.0. The average Bonchev–Trinajstić information content (AvgIpc) is 3.34. The molecular formula is C17H27N3O5. The zero-order valence-corrected chi connectivity index (χ0v) is 15.1. The second-order valence-corrected chi connectivity index (χ2v) is 6.41. The van der Waals surface area contributed by atoms with Crippen LogP contribution in [0.25, 0.3) is 5.53 Å². The summed E-state index contributed by atoms with van der Waals surface area (Å²) in [6.07, 6.45) is 3.17. The lowest BCUT2D eigenvalue weighted by Crippen LogP contribution is -2.47. The lowest BCUT2D eigenvalue weighted by Gasteiger charge is -2.22. The van der Waals surface area contributed by atoms with Gasteiger partial charge in [-0.25, -0.2) is 4.79 Å². The molecule has 0 aliphatic heterocycles. The third-order valence-corrected chi connectivity index (χ3v) is 3.56. The molecule has 0 saturated heterocycles. The Morgan fingerprint density at radius 2 is 1.96 bits per heavy atom. The van der Waals surface area contributed by atoms with Crippen molar-refractivity contribution in [1.82, 2.24) is 5.32 Å². The normalized spacial score (nSPS) is 15.8. The number of carbonyl (C=O) groups is 3. The van der Waals surface area contributed by atoms with E-state index in [2.05, 4.69) is 10.1 Å². The number of nitrogens with zero attached hydrogens (tertiary/aromatic N) is 2. The number of ketones is 1. The topological polar surface area (TPSA) is 118 Å². The molecule has 0 bridgehead atoms. The first-order chi connectivity index (χ1) is 11.9. The molecule has 1 N–H and O–H groups in total. The van der Waals surface area contributed by atoms with E-state index in [1.807, 2.05) is 6.92 Å². The quantitative estimate of drug-likeness (QED) is 0.246. The Bertz CT molecular complexity index is 524. The predicted molar refractivity (Wildman–Crippen MR) is 89.9 cm³/mol. The molecule has 0 aromatic rings. The van der Waals surface area contributed by atoms with Gasteiger partial charge in [-0.15, -0.1) is 0 Å². The van der Waals surface area contributed by atoms with Crippen LogP contribution in [0.4, 0.5) is 0 Å². The molecule has 8 heteroatoms. The zero-order chi connectivity index (χ0) is 18.8. The van der Waals surface area contributed by atoms with Crippen molar-refractivity contribution in [2.24, 2.45) is 0 Å². The number of ether oxygens (including phenoxy) is 2. The van der Waals surface area contributed by atoms with Crippen LogP contribution in [-0.2, 0) is 23.9 Å². The van der Waals surface area contributed by atoms with Gasteiger partial charge in [0.1, 0.15) is 12.1 Å². The van der Waals surface area contributed by atoms with E-state index in [1.165, 1.54) is 0 Å². The first-order valence-electron chi connectivity index (χ1n) is 8.73. The Balaban J connectivity index is 2.70. The Kier molecular flexibility index (Phi) is 9.02. The summed E-state index contributed by atoms with van der Waals surface area (Å²) in [5, 5.41) is 2.64. The number of rotatable bonds is 12. The number of amides is 1. The predicted octanol–water partition coefficient (Wildman–Crippen LogP) is 1.42. The van der Waals surface area contributed by atoms with Crippen molar-refractivity contribution in [2.45, 2.75) is 83.6 Å². The summed E-state index contributed by atoms with van der Waals surface area (Å²) in [6.45, 7) is 5.36. The Morgan fingerprint density at radius 3 is 2.48 bits per heavy atom. The van der Waals surface area contributed by atoms with Gasteiger partial charge in [0.05, 0.1) is 12.2 Å². The summed E-state index contributed by atoms with van der Waals surface area (Å²) in [6, 6.07) is -0.951. The summed E-state index contributed by atoms with van der Waals surface area (Å²) in [4.78, 5) is 38.8. The molecule has 0 aromatic heterocycles. The second-order valence-electron chi connectivity index (χ2n) is 6.41. The SMILES string of the molecule is CCC[C@H](OC1CC1)C(=O)N[C@@H](CCC(=O)C=[N+]=[N-])C(=O)OC(C)C. The van der Waals surface area contributed by atoms with E-state index in [1.54, 1.807) is 13.8 Å². The molecule has 8 nitrogen and oxygen atoms in total. The molecule has 1 rings (SSSR count). The van der Waals surface area contributed by atoms with Crippen molar-refractivity contribution in [3.8, 4) is 0 Å². The maximum Gasteiger partial charge on any atom is 0.328 e. The van der Waals surface area contributed by atoms with E-state index in [4.69, 9.17) is 15.0 Å². The average molecular weight is 353 g/mol. The lowest BCUT2D eigenvalue weighted by atomic mass is 10.1. The van der Waals surface area contributed by atoms with Crippen LogP contribution >= 0.6 is 0 Å². The van der Waals surface area contributed by atoms with Crippen LogP contribution in [0.3, 0.4) is 0 Å². The minimum Gasteiger partial charge on any atom is -0.461 e. The first-order valence-corrected chi connectivity index (χ1v) is 8.73. The van der Waals surface area contributed by atoms with Crippen molar-refractivity contribution in [3.05, 3.63) is 5.53 Å². The van der Waals surface area contributed by atoms with Crippen LogP contribution in [0.5, 0.6) is 0 Å². The number of esters is 1. The minimum absolute atomic E-state index is 0.0515. The van der Waals surface area contributed by atoms with Crippen LogP contribution < -0.4 is 5.32 Å². The van der Waals surface area contributed by atoms with E-state index in [0.29, 0.717) is 6.42 Å². The lowest BCUT2D eigenvalue weighted by molar-refractivity contribution is -0.153. The van der Waals surface area contributed by atoms with Crippen LogP contribution in [0.2, 0.25) is 0 Å². The number of carbonyl (C=O) groups excluding carboxylic acids is 3. The molecule has 25 heavy (non-hydrogen) atoms. The third kappa shape index (κ3) is 8.56. The molecule has 2 atom stereocenters. The number of nitrogens with one attached hydrogen (secondary N) is 1. The third-order valence-electron chi connectivity index (χ3n) is 3.56. The van der Waals surface area contributed by atoms with E-state index in [-0.39, 0.29) is 31.0 Å². The summed E-state index contributed by atoms with van der Waals surface area (Å²) < 4.78 is 10.9. The highest BCUT2D eigenvalue weighted by atomic mass is 16.5. The van der Waals surface area contributed by atoms with Gasteiger partial charge in [-0.2, -0.15) is 4.79 Å². The van der Waals surface area contributed by atoms with Gasteiger partial charge in [0.2, 0.25) is 11.7 Å². The van der Waals surface area contributed by atoms with Gasteiger partial charge in [0, 0.05) is 6.42 Å². The van der Waals surface area contributed by atoms with E-state index in [9.17, 15) is 14.4 Å². The summed E-state index contributed by atoms with van der Waals surface area (Å²) in [5.74, 6) is -1.42. The largest absolute Gasteiger partial charge is 0.461 e. The highest BCUT2D eigenvalue weighted by Gasteiger charge is 2.32. The molecule has 0 spiro atoms. The number of hydrogen-bond donors (Lipinski definition) is 1. The van der Waals surface area contributed by atoms with Gasteiger partial charge in [0.25, 0.3) is 0 Å². The maximum atomic E-state index is 12.5. The van der Waals surface area contributed by atoms with Crippen molar-refractivity contribution < 1.29 is 28.6 Å². The van der Waals surface area contributed by atoms with Gasteiger partial charge < -0.3 is 20.3 Å². The monoisotopic (exact) mass is 353 g/mol. The van der Waals surface area contributed by atoms with Gasteiger partial charge in [0.15, 0.2) is 0 Å². The Labute approximate surface area is 147 Å². The molecule has 1 aliphatic carbocycles. The molecule has 1 fully saturated rings. The molecule has 0 heterocycles. The van der Waals surface area contributed by atoms with Gasteiger partial charge >= 0.3 is 12.2 Å². The fraction of sp³-hybridized carbons (Fsp3) is 0.765. The Morgan fingerprint density at radius 1 is 1.28 bits per heavy atom. The Hall–Kier alpha value is -2.05. The highest BCUT2D eigenvalue weighted by molar-refractivity contribution is 6.25. The highest BCUT2D eigenvalue weighted by Crippen LogP contribution is 2.26. The van der Waals surface area contributed by atoms with Crippen molar-refractivity contribution >= 4 is 23.9 Å². The van der Waals surface area contributed by atoms with Crippen LogP contribution in [0, 0.1) is 0 Å². The molecule has 0 radical (unpaired) electrons. The summed E-state index contributed by atoms with van der Waals surface area (Å²) in [5.41, 5.74) is 8.37. The van der Waals surface area contributed by atoms with Crippen molar-refractivity contribution in [2.75, 3.05) is 0 Å². The fourth-order valence-corrected chi connectivity index (χ4v) is 2.20. The van der Waals surface area contributed by atoms with E-state index in [0.717, 1.165) is 25.5 Å². The number of Topliss-reactive ketones (excluding diaryl/α,β-unsaturated/α-hetero) is 1. The van der Waals surface area contributed by atoms with E-state index < -0.39 is 23.9 Å². The second kappa shape index (κ2) is 10.7. The zero-order valence-electron chi connectivity index (χ0n) is 15.1. The molecule has 1 amide bonds. The molecule has 0 aromatic carbocycles. The smallest absolute Gasteiger partial charge is 0.328 e. The van der Waals surface area contributed by atoms with E-state index >= 15 is 0 Å².